The summed E-state index contributed by atoms with van der Waals surface area (Å²) >= 11 is 4.14. The summed E-state index contributed by atoms with van der Waals surface area (Å²) in [4.78, 5) is 0. The van der Waals surface area contributed by atoms with Gasteiger partial charge in [0.25, 0.3) is 0 Å². The first kappa shape index (κ1) is 5.45. The van der Waals surface area contributed by atoms with Gasteiger partial charge in [0.2, 0.25) is 0 Å². The topological polar surface area (TPSA) is 9.23 Å². The van der Waals surface area contributed by atoms with Crippen LogP contribution < -0.4 is 0 Å². The smallest absolute Gasteiger partial charge is 0.0502 e. The van der Waals surface area contributed by atoms with E-state index in [-0.39, 0.29) is 0 Å². The molecule has 1 saturated heterocycles. The monoisotopic (exact) mass is 118 g/mol. The van der Waals surface area contributed by atoms with Gasteiger partial charge in [0.15, 0.2) is 0 Å². The molecule has 1 heterocycles. The van der Waals surface area contributed by atoms with E-state index in [1.165, 1.54) is 6.42 Å². The number of rotatable bonds is 1. The Morgan fingerprint density at radius 3 is 2.86 bits per heavy atom. The van der Waals surface area contributed by atoms with Crippen LogP contribution in [0, 0.1) is 5.92 Å². The summed E-state index contributed by atoms with van der Waals surface area (Å²) in [6.07, 6.45) is 1.21. The maximum absolute atomic E-state index is 5.10. The summed E-state index contributed by atoms with van der Waals surface area (Å²) in [6, 6.07) is 0. The van der Waals surface area contributed by atoms with Crippen LogP contribution in [-0.4, -0.2) is 19.0 Å². The Bertz CT molecular complexity index is 50.0. The zero-order valence-electron chi connectivity index (χ0n) is 4.26. The lowest BCUT2D eigenvalue weighted by molar-refractivity contribution is 0.189. The van der Waals surface area contributed by atoms with Crippen LogP contribution in [0.3, 0.4) is 0 Å². The van der Waals surface area contributed by atoms with Crippen LogP contribution in [0.15, 0.2) is 0 Å². The molecule has 0 aromatic heterocycles. The van der Waals surface area contributed by atoms with Crippen molar-refractivity contribution in [2.75, 3.05) is 19.0 Å². The molecule has 0 aromatic rings. The highest BCUT2D eigenvalue weighted by molar-refractivity contribution is 7.80. The molecule has 0 aliphatic carbocycles. The largest absolute Gasteiger partial charge is 0.381 e. The first-order valence-electron chi connectivity index (χ1n) is 2.62. The van der Waals surface area contributed by atoms with Crippen molar-refractivity contribution < 1.29 is 4.74 Å². The molecule has 0 radical (unpaired) electrons. The number of hydrogen-bond donors (Lipinski definition) is 1. The fourth-order valence-corrected chi connectivity index (χ4v) is 1.02. The molecule has 0 spiro atoms. The number of ether oxygens (including phenoxy) is 1. The zero-order chi connectivity index (χ0) is 5.11. The van der Waals surface area contributed by atoms with Crippen molar-refractivity contribution in [3.05, 3.63) is 0 Å². The lowest BCUT2D eigenvalue weighted by Crippen LogP contribution is -1.98. The Kier molecular flexibility index (Phi) is 2.00. The molecule has 7 heavy (non-hydrogen) atoms. The summed E-state index contributed by atoms with van der Waals surface area (Å²) < 4.78 is 5.10. The molecular formula is C5H10OS. The molecule has 0 saturated carbocycles. The molecule has 1 atom stereocenters. The maximum Gasteiger partial charge on any atom is 0.0502 e. The van der Waals surface area contributed by atoms with E-state index >= 15 is 0 Å². The van der Waals surface area contributed by atoms with Gasteiger partial charge in [-0.3, -0.25) is 0 Å². The second-order valence-electron chi connectivity index (χ2n) is 1.91. The van der Waals surface area contributed by atoms with Gasteiger partial charge in [-0.2, -0.15) is 12.6 Å². The predicted molar refractivity (Wildman–Crippen MR) is 32.8 cm³/mol. The van der Waals surface area contributed by atoms with Crippen molar-refractivity contribution in [2.45, 2.75) is 6.42 Å². The minimum atomic E-state index is 0.739. The molecule has 0 bridgehead atoms. The molecule has 1 fully saturated rings. The van der Waals surface area contributed by atoms with Crippen LogP contribution in [0.25, 0.3) is 0 Å². The number of hydrogen-bond acceptors (Lipinski definition) is 2. The van der Waals surface area contributed by atoms with Crippen LogP contribution in [-0.2, 0) is 4.74 Å². The van der Waals surface area contributed by atoms with Gasteiger partial charge in [0.05, 0.1) is 6.61 Å². The first-order chi connectivity index (χ1) is 3.43. The van der Waals surface area contributed by atoms with Gasteiger partial charge in [0, 0.05) is 6.61 Å². The summed E-state index contributed by atoms with van der Waals surface area (Å²) in [5, 5.41) is 0. The van der Waals surface area contributed by atoms with Crippen LogP contribution in [0.1, 0.15) is 6.42 Å². The van der Waals surface area contributed by atoms with Gasteiger partial charge < -0.3 is 4.74 Å². The van der Waals surface area contributed by atoms with Gasteiger partial charge >= 0.3 is 0 Å². The van der Waals surface area contributed by atoms with Crippen molar-refractivity contribution in [1.82, 2.24) is 0 Å². The van der Waals surface area contributed by atoms with Crippen LogP contribution in [0.4, 0.5) is 0 Å². The van der Waals surface area contributed by atoms with Gasteiger partial charge in [-0.25, -0.2) is 0 Å². The lowest BCUT2D eigenvalue weighted by Gasteiger charge is -1.96. The highest BCUT2D eigenvalue weighted by Crippen LogP contribution is 2.12. The fourth-order valence-electron chi connectivity index (χ4n) is 0.727. The average molecular weight is 118 g/mol. The molecule has 1 aliphatic rings. The molecule has 1 aliphatic heterocycles. The SMILES string of the molecule is SC[C@H]1CCOC1. The van der Waals surface area contributed by atoms with Crippen molar-refractivity contribution in [1.29, 1.82) is 0 Å². The summed E-state index contributed by atoms with van der Waals surface area (Å²) in [5.74, 6) is 1.73. The van der Waals surface area contributed by atoms with Crippen LogP contribution in [0.5, 0.6) is 0 Å². The Morgan fingerprint density at radius 2 is 2.57 bits per heavy atom. The van der Waals surface area contributed by atoms with Gasteiger partial charge in [0.1, 0.15) is 0 Å². The van der Waals surface area contributed by atoms with E-state index < -0.39 is 0 Å². The minimum Gasteiger partial charge on any atom is -0.381 e. The number of thiol groups is 1. The van der Waals surface area contributed by atoms with Crippen molar-refractivity contribution in [3.63, 3.8) is 0 Å². The van der Waals surface area contributed by atoms with Crippen molar-refractivity contribution in [3.8, 4) is 0 Å². The van der Waals surface area contributed by atoms with E-state index in [1.807, 2.05) is 0 Å². The molecule has 0 unspecified atom stereocenters. The quantitative estimate of drug-likeness (QED) is 0.504. The van der Waals surface area contributed by atoms with Gasteiger partial charge in [-0.15, -0.1) is 0 Å². The molecule has 1 rings (SSSR count). The molecule has 42 valence electrons. The second kappa shape index (κ2) is 2.58. The Hall–Kier alpha value is 0.310. The predicted octanol–water partition coefficient (Wildman–Crippen LogP) is 0.953. The molecule has 0 amide bonds. The van der Waals surface area contributed by atoms with Crippen molar-refractivity contribution >= 4 is 12.6 Å². The normalized spacial score (nSPS) is 31.3. The first-order valence-corrected chi connectivity index (χ1v) is 3.25. The van der Waals surface area contributed by atoms with Crippen molar-refractivity contribution in [2.24, 2.45) is 5.92 Å². The van der Waals surface area contributed by atoms with E-state index in [0.717, 1.165) is 24.9 Å². The zero-order valence-corrected chi connectivity index (χ0v) is 5.16. The van der Waals surface area contributed by atoms with E-state index in [0.29, 0.717) is 0 Å². The highest BCUT2D eigenvalue weighted by atomic mass is 32.1. The Morgan fingerprint density at radius 1 is 1.71 bits per heavy atom. The van der Waals surface area contributed by atoms with Gasteiger partial charge in [-0.05, 0) is 18.1 Å². The Labute approximate surface area is 49.5 Å². The highest BCUT2D eigenvalue weighted by Gasteiger charge is 2.12. The van der Waals surface area contributed by atoms with E-state index in [2.05, 4.69) is 12.6 Å². The second-order valence-corrected chi connectivity index (χ2v) is 2.28. The molecule has 2 heteroatoms. The average Bonchev–Trinajstić information content (AvgIpc) is 2.14. The Balaban J connectivity index is 2.14. The minimum absolute atomic E-state index is 0.739. The van der Waals surface area contributed by atoms with E-state index in [9.17, 15) is 0 Å². The van der Waals surface area contributed by atoms with Gasteiger partial charge in [-0.1, -0.05) is 0 Å². The van der Waals surface area contributed by atoms with E-state index in [1.54, 1.807) is 0 Å². The van der Waals surface area contributed by atoms with Crippen LogP contribution in [0.2, 0.25) is 0 Å². The maximum atomic E-state index is 5.10. The molecule has 1 nitrogen and oxygen atoms in total. The fraction of sp³-hybridized carbons (Fsp3) is 1.00. The third-order valence-corrected chi connectivity index (χ3v) is 1.80. The van der Waals surface area contributed by atoms with Crippen LogP contribution >= 0.6 is 12.6 Å². The molecular weight excluding hydrogens is 108 g/mol. The summed E-state index contributed by atoms with van der Waals surface area (Å²) in [7, 11) is 0. The molecule has 0 N–H and O–H groups in total. The third kappa shape index (κ3) is 1.35. The summed E-state index contributed by atoms with van der Waals surface area (Å²) in [5.41, 5.74) is 0. The standard InChI is InChI=1S/C5H10OS/c7-4-5-1-2-6-3-5/h5,7H,1-4H2/t5-/m0/s1. The third-order valence-electron chi connectivity index (χ3n) is 1.28. The summed E-state index contributed by atoms with van der Waals surface area (Å²) in [6.45, 7) is 1.88. The lowest BCUT2D eigenvalue weighted by atomic mass is 10.2. The van der Waals surface area contributed by atoms with E-state index in [4.69, 9.17) is 4.74 Å². The molecule has 0 aromatic carbocycles.